The molecule has 0 aliphatic carbocycles. The second-order valence-corrected chi connectivity index (χ2v) is 6.20. The lowest BCUT2D eigenvalue weighted by Crippen LogP contribution is -2.33. The molecule has 1 amide bonds. The van der Waals surface area contributed by atoms with Crippen LogP contribution >= 0.6 is 0 Å². The molecule has 5 nitrogen and oxygen atoms in total. The van der Waals surface area contributed by atoms with Gasteiger partial charge >= 0.3 is 0 Å². The number of halogens is 2. The number of nitrogens with zero attached hydrogens (tertiary/aromatic N) is 3. The highest BCUT2D eigenvalue weighted by Gasteiger charge is 2.23. The first-order chi connectivity index (χ1) is 13.6. The summed E-state index contributed by atoms with van der Waals surface area (Å²) in [6.45, 7) is 0.0397. The average Bonchev–Trinajstić information content (AvgIpc) is 3.10. The summed E-state index contributed by atoms with van der Waals surface area (Å²) < 4.78 is 33.0. The Labute approximate surface area is 159 Å². The van der Waals surface area contributed by atoms with Gasteiger partial charge in [-0.2, -0.15) is 0 Å². The first-order valence-electron chi connectivity index (χ1n) is 8.60. The lowest BCUT2D eigenvalue weighted by Gasteiger charge is -2.23. The Morgan fingerprint density at radius 3 is 2.64 bits per heavy atom. The minimum atomic E-state index is -0.825. The molecule has 0 spiro atoms. The fourth-order valence-corrected chi connectivity index (χ4v) is 2.97. The van der Waals surface area contributed by atoms with Gasteiger partial charge in [0.1, 0.15) is 17.3 Å². The van der Waals surface area contributed by atoms with Crippen molar-refractivity contribution in [2.45, 2.75) is 13.0 Å². The van der Waals surface area contributed by atoms with Gasteiger partial charge in [-0.3, -0.25) is 9.78 Å². The molecule has 0 fully saturated rings. The molecule has 0 saturated carbocycles. The van der Waals surface area contributed by atoms with Crippen molar-refractivity contribution in [3.63, 3.8) is 0 Å². The van der Waals surface area contributed by atoms with E-state index < -0.39 is 17.5 Å². The van der Waals surface area contributed by atoms with Crippen LogP contribution in [-0.2, 0) is 17.8 Å². The zero-order valence-corrected chi connectivity index (χ0v) is 14.7. The normalized spacial score (nSPS) is 10.9. The Morgan fingerprint density at radius 2 is 1.86 bits per heavy atom. The molecule has 0 bridgehead atoms. The highest BCUT2D eigenvalue weighted by molar-refractivity contribution is 5.96. The zero-order chi connectivity index (χ0) is 19.5. The van der Waals surface area contributed by atoms with Gasteiger partial charge in [0.15, 0.2) is 5.58 Å². The van der Waals surface area contributed by atoms with Crippen LogP contribution in [0, 0.1) is 11.6 Å². The van der Waals surface area contributed by atoms with Crippen molar-refractivity contribution < 1.29 is 18.1 Å². The smallest absolute Gasteiger partial charge is 0.233 e. The van der Waals surface area contributed by atoms with Crippen LogP contribution in [0.15, 0.2) is 71.4 Å². The maximum atomic E-state index is 14.4. The lowest BCUT2D eigenvalue weighted by molar-refractivity contribution is -0.118. The Bertz CT molecular complexity index is 1130. The molecule has 2 aromatic carbocycles. The van der Waals surface area contributed by atoms with Crippen LogP contribution in [-0.4, -0.2) is 16.0 Å². The predicted molar refractivity (Wildman–Crippen MR) is 99.5 cm³/mol. The van der Waals surface area contributed by atoms with Crippen LogP contribution in [0.25, 0.3) is 11.0 Å². The third-order valence-electron chi connectivity index (χ3n) is 4.32. The van der Waals surface area contributed by atoms with E-state index in [0.29, 0.717) is 22.4 Å². The van der Waals surface area contributed by atoms with E-state index in [-0.39, 0.29) is 18.7 Å². The fourth-order valence-electron chi connectivity index (χ4n) is 2.97. The van der Waals surface area contributed by atoms with Crippen molar-refractivity contribution in [3.05, 3.63) is 89.9 Å². The van der Waals surface area contributed by atoms with Crippen molar-refractivity contribution in [2.24, 2.45) is 0 Å². The topological polar surface area (TPSA) is 59.2 Å². The van der Waals surface area contributed by atoms with Crippen LogP contribution < -0.4 is 4.90 Å². The molecular formula is C21H15F2N3O2. The largest absolute Gasteiger partial charge is 0.356 e. The summed E-state index contributed by atoms with van der Waals surface area (Å²) in [5.74, 6) is -1.95. The maximum absolute atomic E-state index is 14.4. The van der Waals surface area contributed by atoms with E-state index in [9.17, 15) is 13.6 Å². The van der Waals surface area contributed by atoms with Crippen molar-refractivity contribution in [1.82, 2.24) is 10.1 Å². The van der Waals surface area contributed by atoms with Crippen molar-refractivity contribution in [2.75, 3.05) is 4.90 Å². The molecule has 4 aromatic rings. The summed E-state index contributed by atoms with van der Waals surface area (Å²) in [6.07, 6.45) is 1.49. The number of amides is 1. The summed E-state index contributed by atoms with van der Waals surface area (Å²) in [5.41, 5.74) is 1.57. The molecule has 0 aliphatic rings. The highest BCUT2D eigenvalue weighted by Crippen LogP contribution is 2.24. The number of pyridine rings is 1. The minimum absolute atomic E-state index is 0.0233. The zero-order valence-electron chi connectivity index (χ0n) is 14.7. The number of hydrogen-bond acceptors (Lipinski definition) is 4. The SMILES string of the molecule is O=C(Cc1noc2ccccc12)N(Cc1ccccn1)c1ccc(F)cc1F. The Balaban J connectivity index is 1.68. The Morgan fingerprint density at radius 1 is 1.04 bits per heavy atom. The number of carbonyl (C=O) groups excluding carboxylic acids is 1. The number of carbonyl (C=O) groups is 1. The van der Waals surface area contributed by atoms with Crippen LogP contribution in [0.2, 0.25) is 0 Å². The van der Waals surface area contributed by atoms with Gasteiger partial charge in [0, 0.05) is 17.6 Å². The Kier molecular flexibility index (Phi) is 4.80. The summed E-state index contributed by atoms with van der Waals surface area (Å²) >= 11 is 0. The van der Waals surface area contributed by atoms with Crippen molar-refractivity contribution in [1.29, 1.82) is 0 Å². The molecule has 28 heavy (non-hydrogen) atoms. The second-order valence-electron chi connectivity index (χ2n) is 6.20. The number of fused-ring (bicyclic) bond motifs is 1. The van der Waals surface area contributed by atoms with E-state index in [2.05, 4.69) is 10.1 Å². The monoisotopic (exact) mass is 379 g/mol. The van der Waals surface area contributed by atoms with Crippen LogP contribution in [0.3, 0.4) is 0 Å². The molecular weight excluding hydrogens is 364 g/mol. The summed E-state index contributed by atoms with van der Waals surface area (Å²) in [6, 6.07) is 15.5. The molecule has 4 rings (SSSR count). The molecule has 0 atom stereocenters. The quantitative estimate of drug-likeness (QED) is 0.519. The summed E-state index contributed by atoms with van der Waals surface area (Å²) in [4.78, 5) is 18.5. The van der Waals surface area contributed by atoms with Gasteiger partial charge < -0.3 is 9.42 Å². The van der Waals surface area contributed by atoms with E-state index in [1.54, 1.807) is 42.6 Å². The number of para-hydroxylation sites is 1. The molecule has 0 unspecified atom stereocenters. The summed E-state index contributed by atoms with van der Waals surface area (Å²) in [7, 11) is 0. The van der Waals surface area contributed by atoms with Gasteiger partial charge in [0.05, 0.1) is 24.3 Å². The number of hydrogen-bond donors (Lipinski definition) is 0. The van der Waals surface area contributed by atoms with Gasteiger partial charge in [-0.25, -0.2) is 8.78 Å². The van der Waals surface area contributed by atoms with E-state index in [4.69, 9.17) is 4.52 Å². The maximum Gasteiger partial charge on any atom is 0.233 e. The van der Waals surface area contributed by atoms with Crippen LogP contribution in [0.5, 0.6) is 0 Å². The third kappa shape index (κ3) is 3.59. The highest BCUT2D eigenvalue weighted by atomic mass is 19.1. The molecule has 0 N–H and O–H groups in total. The number of anilines is 1. The summed E-state index contributed by atoms with van der Waals surface area (Å²) in [5, 5.41) is 4.68. The first kappa shape index (κ1) is 17.8. The van der Waals surface area contributed by atoms with E-state index >= 15 is 0 Å². The fraction of sp³-hybridized carbons (Fsp3) is 0.0952. The molecule has 0 aliphatic heterocycles. The van der Waals surface area contributed by atoms with Gasteiger partial charge in [0.25, 0.3) is 0 Å². The predicted octanol–water partition coefficient (Wildman–Crippen LogP) is 4.28. The minimum Gasteiger partial charge on any atom is -0.356 e. The van der Waals surface area contributed by atoms with Crippen LogP contribution in [0.1, 0.15) is 11.4 Å². The number of aromatic nitrogens is 2. The molecule has 0 saturated heterocycles. The van der Waals surface area contributed by atoms with Crippen molar-refractivity contribution >= 4 is 22.6 Å². The van der Waals surface area contributed by atoms with Gasteiger partial charge in [-0.1, -0.05) is 23.4 Å². The van der Waals surface area contributed by atoms with Crippen molar-refractivity contribution in [3.8, 4) is 0 Å². The van der Waals surface area contributed by atoms with E-state index in [1.165, 1.54) is 11.0 Å². The average molecular weight is 379 g/mol. The van der Waals surface area contributed by atoms with Gasteiger partial charge in [-0.05, 0) is 36.4 Å². The number of benzene rings is 2. The molecule has 2 heterocycles. The first-order valence-corrected chi connectivity index (χ1v) is 8.60. The molecule has 2 aromatic heterocycles. The number of rotatable bonds is 5. The van der Waals surface area contributed by atoms with E-state index in [1.807, 2.05) is 6.07 Å². The second kappa shape index (κ2) is 7.56. The van der Waals surface area contributed by atoms with Gasteiger partial charge in [-0.15, -0.1) is 0 Å². The molecule has 140 valence electrons. The molecule has 0 radical (unpaired) electrons. The standard InChI is InChI=1S/C21H15F2N3O2/c22-14-8-9-19(17(23)11-14)26(13-15-5-3-4-10-24-15)21(27)12-18-16-6-1-2-7-20(16)28-25-18/h1-11H,12-13H2. The van der Waals surface area contributed by atoms with Crippen LogP contribution in [0.4, 0.5) is 14.5 Å². The Hall–Kier alpha value is -3.61. The van der Waals surface area contributed by atoms with E-state index in [0.717, 1.165) is 12.1 Å². The third-order valence-corrected chi connectivity index (χ3v) is 4.32. The lowest BCUT2D eigenvalue weighted by atomic mass is 10.1. The molecule has 7 heteroatoms. The van der Waals surface area contributed by atoms with Gasteiger partial charge in [0.2, 0.25) is 5.91 Å².